The first-order chi connectivity index (χ1) is 13.5. The van der Waals surface area contributed by atoms with Crippen LogP contribution in [0.25, 0.3) is 0 Å². The fourth-order valence-electron chi connectivity index (χ4n) is 2.92. The number of ether oxygens (including phenoxy) is 2. The average Bonchev–Trinajstić information content (AvgIpc) is 3.15. The second kappa shape index (κ2) is 14.5. The van der Waals surface area contributed by atoms with Crippen molar-refractivity contribution in [3.63, 3.8) is 0 Å². The molecule has 2 rings (SSSR count). The van der Waals surface area contributed by atoms with E-state index in [2.05, 4.69) is 48.7 Å². The molecular formula is C21H39IN4O2S. The van der Waals surface area contributed by atoms with E-state index in [4.69, 9.17) is 14.5 Å². The maximum absolute atomic E-state index is 5.81. The average molecular weight is 539 g/mol. The molecule has 2 N–H and O–H groups in total. The van der Waals surface area contributed by atoms with E-state index in [0.717, 1.165) is 77.7 Å². The number of aromatic nitrogens is 1. The zero-order valence-corrected chi connectivity index (χ0v) is 21.6. The highest BCUT2D eigenvalue weighted by atomic mass is 127. The molecule has 6 nitrogen and oxygen atoms in total. The first-order valence-electron chi connectivity index (χ1n) is 10.6. The Hall–Kier alpha value is -0.450. The highest BCUT2D eigenvalue weighted by Gasteiger charge is 2.17. The number of hydrogen-bond acceptors (Lipinski definition) is 5. The van der Waals surface area contributed by atoms with Gasteiger partial charge >= 0.3 is 0 Å². The second-order valence-corrected chi connectivity index (χ2v) is 9.24. The smallest absolute Gasteiger partial charge is 0.191 e. The first kappa shape index (κ1) is 26.6. The van der Waals surface area contributed by atoms with Gasteiger partial charge in [0.25, 0.3) is 0 Å². The molecule has 0 unspecified atom stereocenters. The number of nitrogens with zero attached hydrogens (tertiary/aromatic N) is 2. The molecule has 0 aromatic carbocycles. The largest absolute Gasteiger partial charge is 0.381 e. The predicted molar refractivity (Wildman–Crippen MR) is 133 cm³/mol. The summed E-state index contributed by atoms with van der Waals surface area (Å²) in [7, 11) is 0. The van der Waals surface area contributed by atoms with Crippen LogP contribution in [0.5, 0.6) is 0 Å². The van der Waals surface area contributed by atoms with Crippen molar-refractivity contribution in [2.45, 2.75) is 58.8 Å². The van der Waals surface area contributed by atoms with E-state index in [1.807, 2.05) is 0 Å². The highest BCUT2D eigenvalue weighted by Crippen LogP contribution is 2.23. The van der Waals surface area contributed by atoms with Gasteiger partial charge in [-0.05, 0) is 32.1 Å². The Morgan fingerprint density at radius 1 is 1.31 bits per heavy atom. The molecule has 0 aliphatic carbocycles. The molecule has 1 aliphatic heterocycles. The molecule has 0 radical (unpaired) electrons. The number of rotatable bonds is 10. The van der Waals surface area contributed by atoms with E-state index in [1.54, 1.807) is 11.3 Å². The van der Waals surface area contributed by atoms with Gasteiger partial charge in [-0.25, -0.2) is 4.98 Å². The summed E-state index contributed by atoms with van der Waals surface area (Å²) in [6.45, 7) is 14.6. The van der Waals surface area contributed by atoms with Gasteiger partial charge in [0, 0.05) is 63.3 Å². The van der Waals surface area contributed by atoms with Gasteiger partial charge in [-0.15, -0.1) is 35.3 Å². The van der Waals surface area contributed by atoms with E-state index >= 15 is 0 Å². The van der Waals surface area contributed by atoms with E-state index in [0.29, 0.717) is 5.92 Å². The molecule has 1 aromatic rings. The van der Waals surface area contributed by atoms with Crippen molar-refractivity contribution in [3.8, 4) is 0 Å². The van der Waals surface area contributed by atoms with E-state index in [9.17, 15) is 0 Å². The Morgan fingerprint density at radius 2 is 2.07 bits per heavy atom. The zero-order chi connectivity index (χ0) is 20.2. The van der Waals surface area contributed by atoms with Gasteiger partial charge in [0.15, 0.2) is 5.96 Å². The van der Waals surface area contributed by atoms with Gasteiger partial charge in [-0.1, -0.05) is 20.8 Å². The van der Waals surface area contributed by atoms with Crippen LogP contribution in [0, 0.1) is 5.92 Å². The lowest BCUT2D eigenvalue weighted by atomic mass is 9.93. The minimum atomic E-state index is 0. The predicted octanol–water partition coefficient (Wildman–Crippen LogP) is 3.99. The Balaban J connectivity index is 0.00000420. The molecule has 1 aliphatic rings. The van der Waals surface area contributed by atoms with E-state index in [1.165, 1.54) is 10.7 Å². The minimum absolute atomic E-state index is 0. The van der Waals surface area contributed by atoms with Crippen LogP contribution in [0.3, 0.4) is 0 Å². The molecule has 0 amide bonds. The standard InChI is InChI=1S/C21H38N4O2S.HI/c1-5-22-20(23-10-6-12-27-15-17-8-13-26-14-9-17)24-11-7-19-25-18(16-28-19)21(2,3)4;/h16-17H,5-15H2,1-4H3,(H2,22,23,24);1H. The lowest BCUT2D eigenvalue weighted by Gasteiger charge is -2.21. The minimum Gasteiger partial charge on any atom is -0.381 e. The van der Waals surface area contributed by atoms with Crippen molar-refractivity contribution in [1.82, 2.24) is 15.6 Å². The molecule has 0 bridgehead atoms. The Morgan fingerprint density at radius 3 is 2.72 bits per heavy atom. The first-order valence-corrected chi connectivity index (χ1v) is 11.5. The number of thiazole rings is 1. The van der Waals surface area contributed by atoms with Crippen LogP contribution in [0.15, 0.2) is 10.4 Å². The topological polar surface area (TPSA) is 67.8 Å². The molecule has 0 atom stereocenters. The monoisotopic (exact) mass is 538 g/mol. The molecular weight excluding hydrogens is 499 g/mol. The number of aliphatic imine (C=N–C) groups is 1. The van der Waals surface area contributed by atoms with Crippen molar-refractivity contribution in [3.05, 3.63) is 16.1 Å². The summed E-state index contributed by atoms with van der Waals surface area (Å²) >= 11 is 1.74. The van der Waals surface area contributed by atoms with Crippen LogP contribution in [0.2, 0.25) is 0 Å². The maximum Gasteiger partial charge on any atom is 0.191 e. The van der Waals surface area contributed by atoms with Gasteiger partial charge in [0.05, 0.1) is 10.7 Å². The van der Waals surface area contributed by atoms with Gasteiger partial charge in [0.2, 0.25) is 0 Å². The van der Waals surface area contributed by atoms with Crippen LogP contribution < -0.4 is 10.6 Å². The Labute approximate surface area is 197 Å². The van der Waals surface area contributed by atoms with Crippen molar-refractivity contribution in [1.29, 1.82) is 0 Å². The lowest BCUT2D eigenvalue weighted by Crippen LogP contribution is -2.38. The summed E-state index contributed by atoms with van der Waals surface area (Å²) in [5, 5.41) is 10.1. The third-order valence-electron chi connectivity index (χ3n) is 4.71. The van der Waals surface area contributed by atoms with E-state index < -0.39 is 0 Å². The summed E-state index contributed by atoms with van der Waals surface area (Å²) in [6, 6.07) is 0. The molecule has 1 aromatic heterocycles. The van der Waals surface area contributed by atoms with Crippen LogP contribution in [-0.4, -0.2) is 57.0 Å². The number of halogens is 1. The summed E-state index contributed by atoms with van der Waals surface area (Å²) in [5.41, 5.74) is 1.29. The quantitative estimate of drug-likeness (QED) is 0.204. The SMILES string of the molecule is CCNC(=NCCCOCC1CCOCC1)NCCc1nc(C(C)(C)C)cs1.I. The summed E-state index contributed by atoms with van der Waals surface area (Å²) in [6.07, 6.45) is 4.12. The van der Waals surface area contributed by atoms with Gasteiger partial charge in [0.1, 0.15) is 0 Å². The molecule has 8 heteroatoms. The molecule has 168 valence electrons. The third-order valence-corrected chi connectivity index (χ3v) is 5.62. The van der Waals surface area contributed by atoms with Gasteiger partial charge in [-0.2, -0.15) is 0 Å². The Kier molecular flexibility index (Phi) is 13.3. The van der Waals surface area contributed by atoms with Gasteiger partial charge in [-0.3, -0.25) is 4.99 Å². The van der Waals surface area contributed by atoms with Crippen LogP contribution in [0.4, 0.5) is 0 Å². The molecule has 1 saturated heterocycles. The van der Waals surface area contributed by atoms with Crippen LogP contribution >= 0.6 is 35.3 Å². The molecule has 0 spiro atoms. The van der Waals surface area contributed by atoms with Crippen LogP contribution in [-0.2, 0) is 21.3 Å². The van der Waals surface area contributed by atoms with Crippen molar-refractivity contribution in [2.75, 3.05) is 46.1 Å². The zero-order valence-electron chi connectivity index (χ0n) is 18.5. The van der Waals surface area contributed by atoms with Crippen molar-refractivity contribution >= 4 is 41.3 Å². The molecule has 29 heavy (non-hydrogen) atoms. The van der Waals surface area contributed by atoms with Gasteiger partial charge < -0.3 is 20.1 Å². The maximum atomic E-state index is 5.81. The molecule has 1 fully saturated rings. The number of guanidine groups is 1. The molecule has 0 saturated carbocycles. The van der Waals surface area contributed by atoms with E-state index in [-0.39, 0.29) is 29.4 Å². The van der Waals surface area contributed by atoms with Crippen molar-refractivity contribution < 1.29 is 9.47 Å². The number of hydrogen-bond donors (Lipinski definition) is 2. The Bertz CT molecular complexity index is 583. The molecule has 2 heterocycles. The fraction of sp³-hybridized carbons (Fsp3) is 0.810. The highest BCUT2D eigenvalue weighted by molar-refractivity contribution is 14.0. The van der Waals surface area contributed by atoms with Crippen LogP contribution in [0.1, 0.15) is 57.7 Å². The fourth-order valence-corrected chi connectivity index (χ4v) is 3.95. The lowest BCUT2D eigenvalue weighted by molar-refractivity contribution is 0.0205. The summed E-state index contributed by atoms with van der Waals surface area (Å²) in [5.74, 6) is 1.54. The normalized spacial score (nSPS) is 15.8. The number of nitrogens with one attached hydrogen (secondary N) is 2. The van der Waals surface area contributed by atoms with Crippen molar-refractivity contribution in [2.24, 2.45) is 10.9 Å². The second-order valence-electron chi connectivity index (χ2n) is 8.30. The summed E-state index contributed by atoms with van der Waals surface area (Å²) in [4.78, 5) is 9.40. The third kappa shape index (κ3) is 10.9. The summed E-state index contributed by atoms with van der Waals surface area (Å²) < 4.78 is 11.2.